The van der Waals surface area contributed by atoms with E-state index in [4.69, 9.17) is 0 Å². The standard InChI is InChI=1S/C10H10O2.C6H10O2.2CH5N/c1-7(11)9-5-3-4-6-10(9)8(2)12;1-5(7)3-4-6(2)8;2*1-2/h3-6H,1-2H3;3-4H2,1-2H3;2*2H2,1H3. The molecule has 24 heavy (non-hydrogen) atoms. The van der Waals surface area contributed by atoms with Gasteiger partial charge in [-0.25, -0.2) is 0 Å². The summed E-state index contributed by atoms with van der Waals surface area (Å²) in [7, 11) is 3.00. The average molecular weight is 338 g/mol. The summed E-state index contributed by atoms with van der Waals surface area (Å²) in [4.78, 5) is 42.4. The summed E-state index contributed by atoms with van der Waals surface area (Å²) < 4.78 is 0. The maximum absolute atomic E-state index is 11.0. The molecule has 0 aliphatic rings. The Morgan fingerprint density at radius 2 is 0.917 bits per heavy atom. The molecule has 1 aromatic carbocycles. The fourth-order valence-corrected chi connectivity index (χ4v) is 1.45. The summed E-state index contributed by atoms with van der Waals surface area (Å²) in [5, 5.41) is 0. The molecule has 1 rings (SSSR count). The van der Waals surface area contributed by atoms with Crippen molar-refractivity contribution in [1.29, 1.82) is 0 Å². The van der Waals surface area contributed by atoms with Crippen molar-refractivity contribution >= 4 is 23.1 Å². The topological polar surface area (TPSA) is 120 Å². The van der Waals surface area contributed by atoms with E-state index in [0.717, 1.165) is 0 Å². The van der Waals surface area contributed by atoms with E-state index in [2.05, 4.69) is 11.5 Å². The molecule has 0 radical (unpaired) electrons. The molecule has 0 bridgehead atoms. The van der Waals surface area contributed by atoms with Gasteiger partial charge in [-0.1, -0.05) is 24.3 Å². The third kappa shape index (κ3) is 14.7. The van der Waals surface area contributed by atoms with Gasteiger partial charge in [-0.05, 0) is 41.8 Å². The van der Waals surface area contributed by atoms with Crippen molar-refractivity contribution in [2.45, 2.75) is 40.5 Å². The first-order valence-electron chi connectivity index (χ1n) is 7.51. The van der Waals surface area contributed by atoms with Crippen LogP contribution in [0.25, 0.3) is 0 Å². The van der Waals surface area contributed by atoms with E-state index in [1.807, 2.05) is 0 Å². The second-order valence-corrected chi connectivity index (χ2v) is 4.56. The summed E-state index contributed by atoms with van der Waals surface area (Å²) in [5.41, 5.74) is 10.0. The molecule has 0 spiro atoms. The number of benzene rings is 1. The van der Waals surface area contributed by atoms with Gasteiger partial charge in [-0.2, -0.15) is 0 Å². The second kappa shape index (κ2) is 17.2. The van der Waals surface area contributed by atoms with E-state index in [1.165, 1.54) is 41.8 Å². The molecule has 1 aromatic rings. The second-order valence-electron chi connectivity index (χ2n) is 4.56. The molecule has 6 nitrogen and oxygen atoms in total. The van der Waals surface area contributed by atoms with Crippen molar-refractivity contribution in [3.8, 4) is 0 Å². The molecule has 0 aliphatic heterocycles. The number of Topliss-reactive ketones (excluding diaryl/α,β-unsaturated/α-hetero) is 4. The van der Waals surface area contributed by atoms with Crippen LogP contribution in [0.4, 0.5) is 0 Å². The summed E-state index contributed by atoms with van der Waals surface area (Å²) >= 11 is 0. The van der Waals surface area contributed by atoms with E-state index >= 15 is 0 Å². The van der Waals surface area contributed by atoms with Crippen LogP contribution in [0.15, 0.2) is 24.3 Å². The summed E-state index contributed by atoms with van der Waals surface area (Å²) in [6.45, 7) is 5.90. The minimum absolute atomic E-state index is 0.0687. The van der Waals surface area contributed by atoms with Gasteiger partial charge in [-0.3, -0.25) is 9.59 Å². The van der Waals surface area contributed by atoms with Crippen molar-refractivity contribution < 1.29 is 19.2 Å². The van der Waals surface area contributed by atoms with E-state index < -0.39 is 0 Å². The van der Waals surface area contributed by atoms with E-state index in [1.54, 1.807) is 24.3 Å². The Bertz CT molecular complexity index is 479. The Morgan fingerprint density at radius 1 is 0.667 bits per heavy atom. The van der Waals surface area contributed by atoms with Gasteiger partial charge < -0.3 is 21.1 Å². The fraction of sp³-hybridized carbons (Fsp3) is 0.444. The number of nitrogens with two attached hydrogens (primary N) is 2. The first-order chi connectivity index (χ1) is 11.3. The van der Waals surface area contributed by atoms with Crippen LogP contribution in [0.3, 0.4) is 0 Å². The molecular weight excluding hydrogens is 308 g/mol. The normalized spacial score (nSPS) is 8.17. The molecule has 6 heteroatoms. The van der Waals surface area contributed by atoms with Gasteiger partial charge >= 0.3 is 0 Å². The third-order valence-electron chi connectivity index (χ3n) is 2.51. The Balaban J connectivity index is -0.000000321. The zero-order valence-electron chi connectivity index (χ0n) is 15.5. The molecule has 0 fully saturated rings. The Kier molecular flexibility index (Phi) is 19.1. The van der Waals surface area contributed by atoms with E-state index in [9.17, 15) is 19.2 Å². The van der Waals surface area contributed by atoms with Gasteiger partial charge in [0, 0.05) is 24.0 Å². The van der Waals surface area contributed by atoms with Gasteiger partial charge in [0.15, 0.2) is 11.6 Å². The lowest BCUT2D eigenvalue weighted by molar-refractivity contribution is -0.122. The number of carbonyl (C=O) groups excluding carboxylic acids is 4. The highest BCUT2D eigenvalue weighted by Gasteiger charge is 2.08. The summed E-state index contributed by atoms with van der Waals surface area (Å²) in [5.74, 6) is 0.0296. The highest BCUT2D eigenvalue weighted by atomic mass is 16.1. The molecule has 0 saturated carbocycles. The van der Waals surface area contributed by atoms with Crippen LogP contribution in [0.5, 0.6) is 0 Å². The quantitative estimate of drug-likeness (QED) is 0.794. The molecule has 0 aromatic heterocycles. The van der Waals surface area contributed by atoms with Crippen molar-refractivity contribution in [3.05, 3.63) is 35.4 Å². The molecule has 0 heterocycles. The van der Waals surface area contributed by atoms with Crippen molar-refractivity contribution in [3.63, 3.8) is 0 Å². The lowest BCUT2D eigenvalue weighted by atomic mass is 10.0. The molecular formula is C18H30N2O4. The van der Waals surface area contributed by atoms with Crippen LogP contribution < -0.4 is 11.5 Å². The Labute approximate surface area is 144 Å². The molecule has 0 saturated heterocycles. The minimum Gasteiger partial charge on any atom is -0.333 e. The molecule has 0 amide bonds. The highest BCUT2D eigenvalue weighted by Crippen LogP contribution is 2.09. The zero-order valence-corrected chi connectivity index (χ0v) is 15.5. The number of ketones is 4. The zero-order chi connectivity index (χ0) is 19.7. The first-order valence-corrected chi connectivity index (χ1v) is 7.51. The van der Waals surface area contributed by atoms with Gasteiger partial charge in [-0.15, -0.1) is 0 Å². The van der Waals surface area contributed by atoms with Gasteiger partial charge in [0.2, 0.25) is 0 Å². The maximum atomic E-state index is 11.0. The van der Waals surface area contributed by atoms with Gasteiger partial charge in [0.05, 0.1) is 0 Å². The van der Waals surface area contributed by atoms with Crippen LogP contribution in [0, 0.1) is 0 Å². The van der Waals surface area contributed by atoms with Gasteiger partial charge in [0.25, 0.3) is 0 Å². The van der Waals surface area contributed by atoms with Crippen LogP contribution in [0.2, 0.25) is 0 Å². The summed E-state index contributed by atoms with van der Waals surface area (Å²) in [6, 6.07) is 6.84. The van der Waals surface area contributed by atoms with Crippen molar-refractivity contribution in [1.82, 2.24) is 0 Å². The van der Waals surface area contributed by atoms with Crippen molar-refractivity contribution in [2.75, 3.05) is 14.1 Å². The smallest absolute Gasteiger partial charge is 0.160 e. The molecule has 4 N–H and O–H groups in total. The number of carbonyl (C=O) groups is 4. The monoisotopic (exact) mass is 338 g/mol. The molecule has 0 atom stereocenters. The maximum Gasteiger partial charge on any atom is 0.160 e. The fourth-order valence-electron chi connectivity index (χ4n) is 1.45. The van der Waals surface area contributed by atoms with Crippen molar-refractivity contribution in [2.24, 2.45) is 11.5 Å². The largest absolute Gasteiger partial charge is 0.333 e. The Hall–Kier alpha value is -2.18. The highest BCUT2D eigenvalue weighted by molar-refractivity contribution is 6.07. The Morgan fingerprint density at radius 3 is 1.08 bits per heavy atom. The SMILES string of the molecule is CC(=O)CCC(C)=O.CC(=O)c1ccccc1C(C)=O.CN.CN. The summed E-state index contributed by atoms with van der Waals surface area (Å²) in [6.07, 6.45) is 0.796. The van der Waals surface area contributed by atoms with Crippen LogP contribution in [-0.4, -0.2) is 37.2 Å². The lowest BCUT2D eigenvalue weighted by Gasteiger charge is -2.00. The lowest BCUT2D eigenvalue weighted by Crippen LogP contribution is -2.02. The van der Waals surface area contributed by atoms with E-state index in [0.29, 0.717) is 24.0 Å². The van der Waals surface area contributed by atoms with Gasteiger partial charge in [0.1, 0.15) is 11.6 Å². The van der Waals surface area contributed by atoms with Crippen LogP contribution in [0.1, 0.15) is 61.3 Å². The van der Waals surface area contributed by atoms with E-state index in [-0.39, 0.29) is 23.1 Å². The predicted octanol–water partition coefficient (Wildman–Crippen LogP) is 2.19. The predicted molar refractivity (Wildman–Crippen MR) is 97.3 cm³/mol. The molecule has 136 valence electrons. The van der Waals surface area contributed by atoms with Crippen LogP contribution >= 0.6 is 0 Å². The minimum atomic E-state index is -0.0687. The molecule has 0 aliphatic carbocycles. The molecule has 0 unspecified atom stereocenters. The first kappa shape index (κ1) is 26.7. The number of hydrogen-bond acceptors (Lipinski definition) is 6. The van der Waals surface area contributed by atoms with Crippen LogP contribution in [-0.2, 0) is 9.59 Å². The number of hydrogen-bond donors (Lipinski definition) is 2. The number of rotatable bonds is 5. The average Bonchev–Trinajstić information content (AvgIpc) is 2.57. The third-order valence-corrected chi connectivity index (χ3v) is 2.51.